The zero-order valence-corrected chi connectivity index (χ0v) is 17.8. The van der Waals surface area contributed by atoms with Crippen LogP contribution in [0.3, 0.4) is 0 Å². The third kappa shape index (κ3) is 3.45. The zero-order chi connectivity index (χ0) is 22.2. The summed E-state index contributed by atoms with van der Waals surface area (Å²) in [7, 11) is 3.12. The first-order chi connectivity index (χ1) is 15.0. The quantitative estimate of drug-likeness (QED) is 0.517. The minimum atomic E-state index is -1.01. The Hall–Kier alpha value is -2.65. The van der Waals surface area contributed by atoms with E-state index in [1.54, 1.807) is 43.3 Å². The van der Waals surface area contributed by atoms with E-state index in [2.05, 4.69) is 10.6 Å². The van der Waals surface area contributed by atoms with Gasteiger partial charge in [0.25, 0.3) is 0 Å². The van der Waals surface area contributed by atoms with Crippen LogP contribution in [0.1, 0.15) is 25.7 Å². The Kier molecular flexibility index (Phi) is 5.90. The third-order valence-corrected chi connectivity index (χ3v) is 6.76. The number of aliphatic hydroxyl groups is 1. The number of nitrogens with zero attached hydrogens (tertiary/aromatic N) is 1. The summed E-state index contributed by atoms with van der Waals surface area (Å²) in [6.07, 6.45) is 1.92. The van der Waals surface area contributed by atoms with Gasteiger partial charge in [-0.3, -0.25) is 14.4 Å². The van der Waals surface area contributed by atoms with Gasteiger partial charge in [0.2, 0.25) is 17.7 Å². The van der Waals surface area contributed by atoms with Gasteiger partial charge in [0.15, 0.2) is 0 Å². The Morgan fingerprint density at radius 3 is 2.65 bits per heavy atom. The lowest BCUT2D eigenvalue weighted by atomic mass is 9.70. The molecular formula is C22H29N3O6. The highest BCUT2D eigenvalue weighted by Crippen LogP contribution is 2.58. The fourth-order valence-corrected chi connectivity index (χ4v) is 5.44. The number of anilines is 1. The first-order valence-electron chi connectivity index (χ1n) is 10.7. The number of carbonyl (C=O) groups is 3. The fourth-order valence-electron chi connectivity index (χ4n) is 5.44. The molecule has 0 saturated carbocycles. The van der Waals surface area contributed by atoms with Crippen LogP contribution in [-0.4, -0.2) is 72.8 Å². The van der Waals surface area contributed by atoms with Crippen molar-refractivity contribution < 1.29 is 29.0 Å². The predicted octanol–water partition coefficient (Wildman–Crippen LogP) is 0.527. The molecule has 2 bridgehead atoms. The average molecular weight is 431 g/mol. The van der Waals surface area contributed by atoms with Gasteiger partial charge in [-0.1, -0.05) is 0 Å². The second-order valence-electron chi connectivity index (χ2n) is 8.35. The summed E-state index contributed by atoms with van der Waals surface area (Å²) in [6.45, 7) is 0.339. The van der Waals surface area contributed by atoms with Crippen molar-refractivity contribution in [2.24, 2.45) is 11.8 Å². The van der Waals surface area contributed by atoms with Crippen LogP contribution in [0.15, 0.2) is 24.3 Å². The highest BCUT2D eigenvalue weighted by atomic mass is 16.5. The molecule has 3 aliphatic heterocycles. The number of hydrogen-bond donors (Lipinski definition) is 3. The summed E-state index contributed by atoms with van der Waals surface area (Å²) >= 11 is 0. The highest BCUT2D eigenvalue weighted by Gasteiger charge is 2.74. The summed E-state index contributed by atoms with van der Waals surface area (Å²) in [6, 6.07) is 6.13. The number of nitrogens with one attached hydrogen (secondary N) is 2. The molecule has 2 unspecified atom stereocenters. The van der Waals surface area contributed by atoms with E-state index in [4.69, 9.17) is 14.6 Å². The number of amides is 3. The number of unbranched alkanes of at least 4 members (excludes halogenated alkanes) is 1. The van der Waals surface area contributed by atoms with Crippen LogP contribution >= 0.6 is 0 Å². The molecule has 3 N–H and O–H groups in total. The predicted molar refractivity (Wildman–Crippen MR) is 111 cm³/mol. The van der Waals surface area contributed by atoms with Crippen molar-refractivity contribution in [1.29, 1.82) is 0 Å². The van der Waals surface area contributed by atoms with Gasteiger partial charge < -0.3 is 30.1 Å². The molecule has 1 spiro atoms. The lowest BCUT2D eigenvalue weighted by molar-refractivity contribution is -0.140. The lowest BCUT2D eigenvalue weighted by Crippen LogP contribution is -2.53. The number of carbonyl (C=O) groups excluding carboxylic acids is 3. The SMILES string of the molecule is CNC(=O)[C@@H]1[C@@H]2CCC3(O2)C(C(=O)Nc2ccc(OC)cc2)N(CCCCO)C(=O)[C@H]13. The van der Waals surface area contributed by atoms with E-state index in [-0.39, 0.29) is 30.4 Å². The van der Waals surface area contributed by atoms with Crippen LogP contribution < -0.4 is 15.4 Å². The third-order valence-electron chi connectivity index (χ3n) is 6.76. The van der Waals surface area contributed by atoms with Crippen molar-refractivity contribution in [2.75, 3.05) is 32.6 Å². The van der Waals surface area contributed by atoms with Crippen molar-refractivity contribution in [3.63, 3.8) is 0 Å². The Balaban J connectivity index is 1.64. The van der Waals surface area contributed by atoms with Gasteiger partial charge in [-0.15, -0.1) is 0 Å². The molecular weight excluding hydrogens is 402 g/mol. The van der Waals surface area contributed by atoms with Crippen molar-refractivity contribution in [1.82, 2.24) is 10.2 Å². The number of aliphatic hydroxyl groups excluding tert-OH is 1. The second kappa shape index (κ2) is 8.47. The van der Waals surface area contributed by atoms with Crippen molar-refractivity contribution in [2.45, 2.75) is 43.4 Å². The molecule has 0 aromatic heterocycles. The van der Waals surface area contributed by atoms with E-state index >= 15 is 0 Å². The van der Waals surface area contributed by atoms with Gasteiger partial charge in [0.1, 0.15) is 17.4 Å². The number of fused-ring (bicyclic) bond motifs is 1. The van der Waals surface area contributed by atoms with E-state index in [1.165, 1.54) is 0 Å². The van der Waals surface area contributed by atoms with Crippen molar-refractivity contribution in [3.8, 4) is 5.75 Å². The molecule has 9 nitrogen and oxygen atoms in total. The largest absolute Gasteiger partial charge is 0.497 e. The lowest BCUT2D eigenvalue weighted by Gasteiger charge is -2.33. The maximum absolute atomic E-state index is 13.5. The molecule has 5 atom stereocenters. The second-order valence-corrected chi connectivity index (χ2v) is 8.35. The molecule has 31 heavy (non-hydrogen) atoms. The normalized spacial score (nSPS) is 30.9. The van der Waals surface area contributed by atoms with E-state index in [9.17, 15) is 14.4 Å². The molecule has 3 aliphatic rings. The maximum atomic E-state index is 13.5. The molecule has 3 fully saturated rings. The fraction of sp³-hybridized carbons (Fsp3) is 0.591. The average Bonchev–Trinajstić information content (AvgIpc) is 3.41. The summed E-state index contributed by atoms with van der Waals surface area (Å²) < 4.78 is 11.4. The molecule has 168 valence electrons. The minimum absolute atomic E-state index is 0.0127. The topological polar surface area (TPSA) is 117 Å². The molecule has 0 radical (unpaired) electrons. The number of benzene rings is 1. The maximum Gasteiger partial charge on any atom is 0.250 e. The van der Waals surface area contributed by atoms with Crippen LogP contribution in [0, 0.1) is 11.8 Å². The molecule has 9 heteroatoms. The molecule has 1 aromatic rings. The monoisotopic (exact) mass is 431 g/mol. The number of hydrogen-bond acceptors (Lipinski definition) is 6. The summed E-state index contributed by atoms with van der Waals surface area (Å²) in [5, 5.41) is 14.7. The number of likely N-dealkylation sites (tertiary alicyclic amines) is 1. The molecule has 3 saturated heterocycles. The van der Waals surface area contributed by atoms with E-state index in [0.717, 1.165) is 0 Å². The molecule has 1 aromatic carbocycles. The van der Waals surface area contributed by atoms with Crippen LogP contribution in [0.2, 0.25) is 0 Å². The summed E-state index contributed by atoms with van der Waals surface area (Å²) in [5.74, 6) is -1.37. The van der Waals surface area contributed by atoms with Gasteiger partial charge in [-0.05, 0) is 49.9 Å². The molecule has 3 heterocycles. The van der Waals surface area contributed by atoms with E-state index in [0.29, 0.717) is 43.7 Å². The number of methoxy groups -OCH3 is 1. The van der Waals surface area contributed by atoms with E-state index < -0.39 is 23.5 Å². The Bertz CT molecular complexity index is 859. The van der Waals surface area contributed by atoms with Gasteiger partial charge in [-0.25, -0.2) is 0 Å². The first-order valence-corrected chi connectivity index (χ1v) is 10.7. The van der Waals surface area contributed by atoms with Crippen LogP contribution in [0.25, 0.3) is 0 Å². The van der Waals surface area contributed by atoms with Crippen LogP contribution in [-0.2, 0) is 19.1 Å². The smallest absolute Gasteiger partial charge is 0.250 e. The van der Waals surface area contributed by atoms with Crippen molar-refractivity contribution >= 4 is 23.4 Å². The molecule has 0 aliphatic carbocycles. The van der Waals surface area contributed by atoms with Gasteiger partial charge >= 0.3 is 0 Å². The zero-order valence-electron chi connectivity index (χ0n) is 17.8. The van der Waals surface area contributed by atoms with Gasteiger partial charge in [0.05, 0.1) is 25.0 Å². The summed E-state index contributed by atoms with van der Waals surface area (Å²) in [5.41, 5.74) is -0.418. The van der Waals surface area contributed by atoms with Gasteiger partial charge in [0, 0.05) is 25.9 Å². The van der Waals surface area contributed by atoms with Crippen LogP contribution in [0.5, 0.6) is 5.75 Å². The Morgan fingerprint density at radius 2 is 2.00 bits per heavy atom. The minimum Gasteiger partial charge on any atom is -0.497 e. The number of ether oxygens (including phenoxy) is 2. The Morgan fingerprint density at radius 1 is 1.26 bits per heavy atom. The molecule has 4 rings (SSSR count). The van der Waals surface area contributed by atoms with Crippen LogP contribution in [0.4, 0.5) is 5.69 Å². The van der Waals surface area contributed by atoms with Crippen molar-refractivity contribution in [3.05, 3.63) is 24.3 Å². The van der Waals surface area contributed by atoms with E-state index in [1.807, 2.05) is 0 Å². The van der Waals surface area contributed by atoms with Gasteiger partial charge in [-0.2, -0.15) is 0 Å². The first kappa shape index (κ1) is 21.6. The highest BCUT2D eigenvalue weighted by molar-refractivity contribution is 6.03. The standard InChI is InChI=1S/C22H29N3O6/c1-23-19(27)16-15-9-10-22(31-15)17(16)21(29)25(11-3-4-12-26)18(22)20(28)24-13-5-7-14(30-2)8-6-13/h5-8,15-18,26H,3-4,9-12H2,1-2H3,(H,23,27)(H,24,28)/t15-,16+,17-,18?,22?/m0/s1. The summed E-state index contributed by atoms with van der Waals surface area (Å²) in [4.78, 5) is 41.0. The number of rotatable bonds is 8. The molecule has 3 amide bonds. The Labute approximate surface area is 181 Å².